The van der Waals surface area contributed by atoms with E-state index in [0.29, 0.717) is 5.65 Å². The van der Waals surface area contributed by atoms with Crippen LogP contribution in [0.4, 0.5) is 0 Å². The van der Waals surface area contributed by atoms with Gasteiger partial charge in [-0.25, -0.2) is 19.5 Å². The molecular weight excluding hydrogens is 214 g/mol. The van der Waals surface area contributed by atoms with Gasteiger partial charge in [0.25, 0.3) is 0 Å². The Morgan fingerprint density at radius 2 is 2.00 bits per heavy atom. The van der Waals surface area contributed by atoms with E-state index in [9.17, 15) is 0 Å². The number of benzene rings is 1. The lowest BCUT2D eigenvalue weighted by atomic mass is 10.2. The van der Waals surface area contributed by atoms with Crippen molar-refractivity contribution in [3.05, 3.63) is 43.0 Å². The van der Waals surface area contributed by atoms with E-state index in [1.54, 1.807) is 10.8 Å². The van der Waals surface area contributed by atoms with Crippen molar-refractivity contribution in [3.63, 3.8) is 0 Å². The van der Waals surface area contributed by atoms with Crippen LogP contribution in [0.5, 0.6) is 0 Å². The molecule has 0 amide bonds. The molecule has 5 heteroatoms. The Balaban J connectivity index is 2.29. The monoisotopic (exact) mass is 221 g/mol. The third-order valence-corrected chi connectivity index (χ3v) is 2.81. The third kappa shape index (κ3) is 1.13. The number of hydrogen-bond donors (Lipinski definition) is 0. The van der Waals surface area contributed by atoms with Crippen molar-refractivity contribution < 1.29 is 0 Å². The molecular formula is C12H7N5. The van der Waals surface area contributed by atoms with Crippen LogP contribution in [-0.2, 0) is 0 Å². The summed E-state index contributed by atoms with van der Waals surface area (Å²) in [7, 11) is 0. The van der Waals surface area contributed by atoms with Gasteiger partial charge < -0.3 is 0 Å². The van der Waals surface area contributed by atoms with E-state index in [1.807, 2.05) is 24.3 Å². The lowest BCUT2D eigenvalue weighted by Gasteiger charge is -2.01. The van der Waals surface area contributed by atoms with E-state index in [2.05, 4.69) is 26.1 Å². The standard InChI is InChI=1S/C12H7N5/c1-2-4-10-8(3-1)5-9-11(16-10)14-7-17-12(9)13-6-15-17/h1-7H. The SMILES string of the molecule is c1ccc2nc3ncn4ncnc4c3cc2c1. The van der Waals surface area contributed by atoms with Crippen LogP contribution in [0, 0.1) is 0 Å². The van der Waals surface area contributed by atoms with Gasteiger partial charge in [-0.2, -0.15) is 5.10 Å². The van der Waals surface area contributed by atoms with Crippen molar-refractivity contribution in [2.45, 2.75) is 0 Å². The Hall–Kier alpha value is -2.56. The number of para-hydroxylation sites is 1. The first kappa shape index (κ1) is 8.58. The fourth-order valence-electron chi connectivity index (χ4n) is 2.01. The van der Waals surface area contributed by atoms with E-state index in [0.717, 1.165) is 21.9 Å². The molecule has 0 radical (unpaired) electrons. The second-order valence-corrected chi connectivity index (χ2v) is 3.83. The van der Waals surface area contributed by atoms with Crippen molar-refractivity contribution in [1.29, 1.82) is 0 Å². The molecule has 0 aliphatic carbocycles. The fourth-order valence-corrected chi connectivity index (χ4v) is 2.01. The summed E-state index contributed by atoms with van der Waals surface area (Å²) in [5.74, 6) is 0. The highest BCUT2D eigenvalue weighted by atomic mass is 15.3. The maximum atomic E-state index is 4.52. The summed E-state index contributed by atoms with van der Waals surface area (Å²) in [6.45, 7) is 0. The van der Waals surface area contributed by atoms with Crippen molar-refractivity contribution in [2.24, 2.45) is 0 Å². The van der Waals surface area contributed by atoms with E-state index < -0.39 is 0 Å². The molecule has 4 rings (SSSR count). The van der Waals surface area contributed by atoms with Gasteiger partial charge >= 0.3 is 0 Å². The molecule has 0 N–H and O–H groups in total. The fraction of sp³-hybridized carbons (Fsp3) is 0. The van der Waals surface area contributed by atoms with Gasteiger partial charge in [0.05, 0.1) is 10.9 Å². The molecule has 0 saturated heterocycles. The predicted molar refractivity (Wildman–Crippen MR) is 63.6 cm³/mol. The Bertz CT molecular complexity index is 849. The molecule has 0 aliphatic rings. The smallest absolute Gasteiger partial charge is 0.168 e. The first-order valence-electron chi connectivity index (χ1n) is 5.26. The van der Waals surface area contributed by atoms with Gasteiger partial charge in [-0.3, -0.25) is 0 Å². The highest BCUT2D eigenvalue weighted by molar-refractivity contribution is 5.97. The first-order chi connectivity index (χ1) is 8.42. The predicted octanol–water partition coefficient (Wildman–Crippen LogP) is 1.83. The Morgan fingerprint density at radius 1 is 1.06 bits per heavy atom. The zero-order valence-corrected chi connectivity index (χ0v) is 8.78. The van der Waals surface area contributed by atoms with E-state index >= 15 is 0 Å². The maximum absolute atomic E-state index is 4.52. The van der Waals surface area contributed by atoms with Gasteiger partial charge in [0, 0.05) is 5.39 Å². The first-order valence-corrected chi connectivity index (χ1v) is 5.26. The van der Waals surface area contributed by atoms with Crippen LogP contribution < -0.4 is 0 Å². The maximum Gasteiger partial charge on any atom is 0.168 e. The highest BCUT2D eigenvalue weighted by Crippen LogP contribution is 2.20. The molecule has 17 heavy (non-hydrogen) atoms. The van der Waals surface area contributed by atoms with Gasteiger partial charge in [-0.1, -0.05) is 18.2 Å². The molecule has 1 aromatic carbocycles. The minimum Gasteiger partial charge on any atom is -0.228 e. The molecule has 0 bridgehead atoms. The molecule has 3 aromatic heterocycles. The van der Waals surface area contributed by atoms with Crippen LogP contribution in [0.25, 0.3) is 27.6 Å². The van der Waals surface area contributed by atoms with Crippen LogP contribution in [0.1, 0.15) is 0 Å². The summed E-state index contributed by atoms with van der Waals surface area (Å²) >= 11 is 0. The van der Waals surface area contributed by atoms with Crippen LogP contribution in [0.15, 0.2) is 43.0 Å². The average molecular weight is 221 g/mol. The summed E-state index contributed by atoms with van der Waals surface area (Å²) in [5.41, 5.74) is 2.42. The lowest BCUT2D eigenvalue weighted by Crippen LogP contribution is -1.93. The number of aromatic nitrogens is 5. The minimum atomic E-state index is 0.698. The average Bonchev–Trinajstić information content (AvgIpc) is 2.85. The zero-order valence-electron chi connectivity index (χ0n) is 8.78. The second kappa shape index (κ2) is 2.98. The third-order valence-electron chi connectivity index (χ3n) is 2.81. The normalized spacial score (nSPS) is 11.5. The second-order valence-electron chi connectivity index (χ2n) is 3.83. The minimum absolute atomic E-state index is 0.698. The molecule has 5 nitrogen and oxygen atoms in total. The molecule has 0 spiro atoms. The number of fused-ring (bicyclic) bond motifs is 4. The largest absolute Gasteiger partial charge is 0.228 e. The van der Waals surface area contributed by atoms with Crippen molar-refractivity contribution in [3.8, 4) is 0 Å². The Morgan fingerprint density at radius 3 is 3.00 bits per heavy atom. The van der Waals surface area contributed by atoms with Gasteiger partial charge in [-0.05, 0) is 12.1 Å². The quantitative estimate of drug-likeness (QED) is 0.425. The summed E-state index contributed by atoms with van der Waals surface area (Å²) in [4.78, 5) is 13.0. The summed E-state index contributed by atoms with van der Waals surface area (Å²) in [5, 5.41) is 6.07. The Kier molecular flexibility index (Phi) is 1.50. The molecule has 3 heterocycles. The van der Waals surface area contributed by atoms with Gasteiger partial charge in [-0.15, -0.1) is 0 Å². The molecule has 0 saturated carbocycles. The van der Waals surface area contributed by atoms with E-state index in [-0.39, 0.29) is 0 Å². The zero-order chi connectivity index (χ0) is 11.2. The number of rotatable bonds is 0. The van der Waals surface area contributed by atoms with E-state index in [1.165, 1.54) is 6.33 Å². The number of nitrogens with zero attached hydrogens (tertiary/aromatic N) is 5. The van der Waals surface area contributed by atoms with E-state index in [4.69, 9.17) is 0 Å². The highest BCUT2D eigenvalue weighted by Gasteiger charge is 2.06. The molecule has 80 valence electrons. The van der Waals surface area contributed by atoms with Gasteiger partial charge in [0.1, 0.15) is 12.7 Å². The molecule has 0 unspecified atom stereocenters. The number of hydrogen-bond acceptors (Lipinski definition) is 4. The molecule has 0 fully saturated rings. The Labute approximate surface area is 95.8 Å². The summed E-state index contributed by atoms with van der Waals surface area (Å²) in [6, 6.07) is 10.0. The van der Waals surface area contributed by atoms with Gasteiger partial charge in [0.15, 0.2) is 11.3 Å². The summed E-state index contributed by atoms with van der Waals surface area (Å²) < 4.78 is 1.65. The molecule has 4 aromatic rings. The van der Waals surface area contributed by atoms with Crippen molar-refractivity contribution in [2.75, 3.05) is 0 Å². The van der Waals surface area contributed by atoms with Gasteiger partial charge in [0.2, 0.25) is 0 Å². The lowest BCUT2D eigenvalue weighted by molar-refractivity contribution is 0.931. The van der Waals surface area contributed by atoms with Crippen LogP contribution in [-0.4, -0.2) is 24.6 Å². The van der Waals surface area contributed by atoms with Crippen LogP contribution in [0.3, 0.4) is 0 Å². The number of pyridine rings is 1. The molecule has 0 aliphatic heterocycles. The van der Waals surface area contributed by atoms with Crippen molar-refractivity contribution in [1.82, 2.24) is 24.6 Å². The topological polar surface area (TPSA) is 56.0 Å². The van der Waals surface area contributed by atoms with Crippen LogP contribution in [0.2, 0.25) is 0 Å². The molecule has 0 atom stereocenters. The van der Waals surface area contributed by atoms with Crippen molar-refractivity contribution >= 4 is 27.6 Å². The summed E-state index contributed by atoms with van der Waals surface area (Å²) in [6.07, 6.45) is 3.15. The van der Waals surface area contributed by atoms with Crippen LogP contribution >= 0.6 is 0 Å².